The number of phenols is 1. The van der Waals surface area contributed by atoms with Crippen molar-refractivity contribution in [1.29, 1.82) is 0 Å². The van der Waals surface area contributed by atoms with Crippen molar-refractivity contribution in [3.05, 3.63) is 27.2 Å². The quantitative estimate of drug-likeness (QED) is 0.900. The lowest BCUT2D eigenvalue weighted by molar-refractivity contribution is -0.137. The molecule has 1 aromatic rings. The summed E-state index contributed by atoms with van der Waals surface area (Å²) in [6.45, 7) is 3.75. The fourth-order valence-corrected chi connectivity index (χ4v) is 2.92. The largest absolute Gasteiger partial charge is 0.506 e. The smallest absolute Gasteiger partial charge is 0.304 e. The van der Waals surface area contributed by atoms with Crippen LogP contribution in [0.2, 0.25) is 0 Å². The first-order chi connectivity index (χ1) is 7.87. The number of hydrogen-bond acceptors (Lipinski definition) is 2. The van der Waals surface area contributed by atoms with Crippen LogP contribution in [0.15, 0.2) is 10.5 Å². The van der Waals surface area contributed by atoms with E-state index in [0.717, 1.165) is 29.5 Å². The Hall–Kier alpha value is -1.03. The molecule has 3 nitrogen and oxygen atoms in total. The normalized spacial score (nSPS) is 16.9. The van der Waals surface area contributed by atoms with Crippen LogP contribution in [-0.4, -0.2) is 16.2 Å². The second kappa shape index (κ2) is 4.02. The number of hydrogen-bond donors (Lipinski definition) is 2. The SMILES string of the molecule is Cc1cc(C2(CC(=O)O)CC2)c(C)c(Br)c1O. The van der Waals surface area contributed by atoms with Crippen molar-refractivity contribution in [2.24, 2.45) is 0 Å². The maximum atomic E-state index is 10.9. The average Bonchev–Trinajstić information content (AvgIpc) is 3.00. The molecule has 2 N–H and O–H groups in total. The molecule has 0 heterocycles. The second-order valence-corrected chi connectivity index (χ2v) is 5.67. The molecule has 0 spiro atoms. The number of carboxylic acids is 1. The van der Waals surface area contributed by atoms with Crippen molar-refractivity contribution < 1.29 is 15.0 Å². The Labute approximate surface area is 109 Å². The van der Waals surface area contributed by atoms with Crippen LogP contribution in [0.1, 0.15) is 36.0 Å². The molecule has 0 aromatic heterocycles. The highest BCUT2D eigenvalue weighted by Crippen LogP contribution is 2.54. The topological polar surface area (TPSA) is 57.5 Å². The first-order valence-electron chi connectivity index (χ1n) is 5.58. The molecule has 92 valence electrons. The van der Waals surface area contributed by atoms with Crippen LogP contribution in [0, 0.1) is 13.8 Å². The van der Waals surface area contributed by atoms with Crippen LogP contribution in [0.25, 0.3) is 0 Å². The van der Waals surface area contributed by atoms with Gasteiger partial charge in [-0.2, -0.15) is 0 Å². The number of aromatic hydroxyl groups is 1. The Balaban J connectivity index is 2.50. The van der Waals surface area contributed by atoms with Crippen molar-refractivity contribution in [2.45, 2.75) is 38.5 Å². The number of rotatable bonds is 3. The molecule has 0 amide bonds. The lowest BCUT2D eigenvalue weighted by Gasteiger charge is -2.19. The summed E-state index contributed by atoms with van der Waals surface area (Å²) in [5.41, 5.74) is 2.58. The zero-order chi connectivity index (χ0) is 12.8. The lowest BCUT2D eigenvalue weighted by atomic mass is 9.87. The number of carboxylic acid groups (broad SMARTS) is 1. The van der Waals surface area contributed by atoms with E-state index in [1.54, 1.807) is 0 Å². The van der Waals surface area contributed by atoms with Gasteiger partial charge in [0.2, 0.25) is 0 Å². The summed E-state index contributed by atoms with van der Waals surface area (Å²) in [4.78, 5) is 10.9. The maximum Gasteiger partial charge on any atom is 0.304 e. The van der Waals surface area contributed by atoms with E-state index in [-0.39, 0.29) is 17.6 Å². The van der Waals surface area contributed by atoms with E-state index in [4.69, 9.17) is 5.11 Å². The second-order valence-electron chi connectivity index (χ2n) is 4.88. The van der Waals surface area contributed by atoms with Gasteiger partial charge in [-0.15, -0.1) is 0 Å². The predicted octanol–water partition coefficient (Wildman–Crippen LogP) is 3.28. The molecular formula is C13H15BrO3. The maximum absolute atomic E-state index is 10.9. The third-order valence-electron chi connectivity index (χ3n) is 3.59. The molecule has 0 atom stereocenters. The highest BCUT2D eigenvalue weighted by molar-refractivity contribution is 9.10. The number of halogens is 1. The Bertz CT molecular complexity index is 490. The van der Waals surface area contributed by atoms with E-state index >= 15 is 0 Å². The number of phenolic OH excluding ortho intramolecular Hbond substituents is 1. The van der Waals surface area contributed by atoms with E-state index in [9.17, 15) is 9.90 Å². The molecule has 0 radical (unpaired) electrons. The van der Waals surface area contributed by atoms with Crippen molar-refractivity contribution in [2.75, 3.05) is 0 Å². The Morgan fingerprint density at radius 3 is 2.53 bits per heavy atom. The molecule has 1 saturated carbocycles. The fraction of sp³-hybridized carbons (Fsp3) is 0.462. The van der Waals surface area contributed by atoms with E-state index in [1.807, 2.05) is 19.9 Å². The van der Waals surface area contributed by atoms with Crippen LogP contribution in [0.3, 0.4) is 0 Å². The van der Waals surface area contributed by atoms with Gasteiger partial charge in [0.05, 0.1) is 10.9 Å². The van der Waals surface area contributed by atoms with Gasteiger partial charge in [0, 0.05) is 5.41 Å². The van der Waals surface area contributed by atoms with Crippen LogP contribution in [0.4, 0.5) is 0 Å². The third kappa shape index (κ3) is 2.06. The molecule has 0 bridgehead atoms. The van der Waals surface area contributed by atoms with Gasteiger partial charge >= 0.3 is 5.97 Å². The summed E-state index contributed by atoms with van der Waals surface area (Å²) in [6, 6.07) is 1.92. The van der Waals surface area contributed by atoms with E-state index < -0.39 is 5.97 Å². The lowest BCUT2D eigenvalue weighted by Crippen LogP contribution is -2.15. The molecular weight excluding hydrogens is 284 g/mol. The van der Waals surface area contributed by atoms with Crippen LogP contribution in [0.5, 0.6) is 5.75 Å². The number of aliphatic carboxylic acids is 1. The van der Waals surface area contributed by atoms with Gasteiger partial charge in [-0.05, 0) is 59.3 Å². The zero-order valence-corrected chi connectivity index (χ0v) is 11.5. The molecule has 17 heavy (non-hydrogen) atoms. The van der Waals surface area contributed by atoms with E-state index in [0.29, 0.717) is 4.47 Å². The van der Waals surface area contributed by atoms with E-state index in [1.165, 1.54) is 0 Å². The van der Waals surface area contributed by atoms with Gasteiger partial charge in [-0.3, -0.25) is 4.79 Å². The molecule has 0 unspecified atom stereocenters. The summed E-state index contributed by atoms with van der Waals surface area (Å²) in [5.74, 6) is -0.513. The minimum atomic E-state index is -0.760. The molecule has 1 aliphatic rings. The molecule has 1 aliphatic carbocycles. The Kier molecular flexibility index (Phi) is 2.94. The summed E-state index contributed by atoms with van der Waals surface area (Å²) in [7, 11) is 0. The summed E-state index contributed by atoms with van der Waals surface area (Å²) in [6.07, 6.45) is 2.00. The summed E-state index contributed by atoms with van der Waals surface area (Å²) >= 11 is 3.37. The van der Waals surface area contributed by atoms with E-state index in [2.05, 4.69) is 15.9 Å². The van der Waals surface area contributed by atoms with Crippen molar-refractivity contribution in [1.82, 2.24) is 0 Å². The van der Waals surface area contributed by atoms with Crippen molar-refractivity contribution in [3.8, 4) is 5.75 Å². The van der Waals surface area contributed by atoms with Gasteiger partial charge in [-0.1, -0.05) is 6.07 Å². The Morgan fingerprint density at radius 2 is 2.06 bits per heavy atom. The number of carbonyl (C=O) groups is 1. The third-order valence-corrected chi connectivity index (χ3v) is 4.56. The standard InChI is InChI=1S/C13H15BrO3/c1-7-5-9(8(2)11(14)12(7)17)13(3-4-13)6-10(15)16/h5,17H,3-4,6H2,1-2H3,(H,15,16). The molecule has 2 rings (SSSR count). The number of aryl methyl sites for hydroxylation is 1. The first kappa shape index (κ1) is 12.4. The molecule has 1 aromatic carbocycles. The fourth-order valence-electron chi connectivity index (χ4n) is 2.39. The molecule has 0 saturated heterocycles. The van der Waals surface area contributed by atoms with Crippen LogP contribution in [-0.2, 0) is 10.2 Å². The van der Waals surface area contributed by atoms with Crippen LogP contribution < -0.4 is 0 Å². The minimum Gasteiger partial charge on any atom is -0.506 e. The number of benzene rings is 1. The summed E-state index contributed by atoms with van der Waals surface area (Å²) in [5, 5.41) is 18.8. The van der Waals surface area contributed by atoms with Gasteiger partial charge in [0.25, 0.3) is 0 Å². The molecule has 1 fully saturated rings. The van der Waals surface area contributed by atoms with Crippen molar-refractivity contribution >= 4 is 21.9 Å². The average molecular weight is 299 g/mol. The van der Waals surface area contributed by atoms with Gasteiger partial charge in [0.1, 0.15) is 5.75 Å². The van der Waals surface area contributed by atoms with Crippen LogP contribution >= 0.6 is 15.9 Å². The minimum absolute atomic E-state index is 0.171. The van der Waals surface area contributed by atoms with Gasteiger partial charge < -0.3 is 10.2 Å². The monoisotopic (exact) mass is 298 g/mol. The Morgan fingerprint density at radius 1 is 1.47 bits per heavy atom. The van der Waals surface area contributed by atoms with Gasteiger partial charge in [0.15, 0.2) is 0 Å². The highest BCUT2D eigenvalue weighted by Gasteiger charge is 2.47. The predicted molar refractivity (Wildman–Crippen MR) is 68.4 cm³/mol. The molecule has 0 aliphatic heterocycles. The highest BCUT2D eigenvalue weighted by atomic mass is 79.9. The molecule has 4 heteroatoms. The van der Waals surface area contributed by atoms with Crippen molar-refractivity contribution in [3.63, 3.8) is 0 Å². The van der Waals surface area contributed by atoms with Gasteiger partial charge in [-0.25, -0.2) is 0 Å². The zero-order valence-electron chi connectivity index (χ0n) is 9.88. The summed E-state index contributed by atoms with van der Waals surface area (Å²) < 4.78 is 0.684. The first-order valence-corrected chi connectivity index (χ1v) is 6.37.